The molecule has 112 valence electrons. The van der Waals surface area contributed by atoms with Gasteiger partial charge in [-0.3, -0.25) is 4.79 Å². The van der Waals surface area contributed by atoms with Gasteiger partial charge in [0.2, 0.25) is 5.89 Å². The van der Waals surface area contributed by atoms with Crippen molar-refractivity contribution in [2.45, 2.75) is 46.7 Å². The van der Waals surface area contributed by atoms with Crippen molar-refractivity contribution in [2.24, 2.45) is 5.41 Å². The molecule has 3 N–H and O–H groups in total. The van der Waals surface area contributed by atoms with Crippen LogP contribution in [0.5, 0.6) is 0 Å². The first-order chi connectivity index (χ1) is 9.18. The Bertz CT molecular complexity index is 476. The van der Waals surface area contributed by atoms with Crippen LogP contribution in [0.1, 0.15) is 38.8 Å². The molecule has 1 unspecified atom stereocenters. The molecule has 0 aliphatic carbocycles. The van der Waals surface area contributed by atoms with Gasteiger partial charge in [-0.15, -0.1) is 0 Å². The zero-order valence-electron chi connectivity index (χ0n) is 12.2. The molecule has 1 heterocycles. The molecule has 0 aromatic carbocycles. The second-order valence-electron chi connectivity index (χ2n) is 5.71. The molecule has 20 heavy (non-hydrogen) atoms. The number of nitrogens with zero attached hydrogens (tertiary/aromatic N) is 1. The number of nitrogens with one attached hydrogen (secondary N) is 2. The molecule has 0 bridgehead atoms. The zero-order valence-corrected chi connectivity index (χ0v) is 12.2. The molecular formula is C13H21N3O4. The number of carbonyl (C=O) groups is 2. The van der Waals surface area contributed by atoms with Crippen LogP contribution in [-0.4, -0.2) is 28.1 Å². The third-order valence-corrected chi connectivity index (χ3v) is 2.80. The SMILES string of the molecule is Cc1cnc(CNC(=O)NC(CC(=O)O)C(C)(C)C)o1. The molecule has 0 saturated carbocycles. The van der Waals surface area contributed by atoms with E-state index in [0.29, 0.717) is 11.7 Å². The summed E-state index contributed by atoms with van der Waals surface area (Å²) in [5.41, 5.74) is -0.352. The Kier molecular flexibility index (Phi) is 5.12. The van der Waals surface area contributed by atoms with Gasteiger partial charge in [0.15, 0.2) is 0 Å². The number of aryl methyl sites for hydroxylation is 1. The minimum atomic E-state index is -0.950. The summed E-state index contributed by atoms with van der Waals surface area (Å²) in [5, 5.41) is 14.1. The third-order valence-electron chi connectivity index (χ3n) is 2.80. The first-order valence-electron chi connectivity index (χ1n) is 6.36. The molecule has 0 radical (unpaired) electrons. The number of carboxylic acid groups (broad SMARTS) is 1. The summed E-state index contributed by atoms with van der Waals surface area (Å²) < 4.78 is 5.22. The van der Waals surface area contributed by atoms with Crippen LogP contribution >= 0.6 is 0 Å². The predicted molar refractivity (Wildman–Crippen MR) is 72.1 cm³/mol. The summed E-state index contributed by atoms with van der Waals surface area (Å²) in [6.07, 6.45) is 1.44. The van der Waals surface area contributed by atoms with Crippen LogP contribution in [0.4, 0.5) is 4.79 Å². The number of urea groups is 1. The molecule has 0 spiro atoms. The zero-order chi connectivity index (χ0) is 15.3. The van der Waals surface area contributed by atoms with Crippen molar-refractivity contribution in [2.75, 3.05) is 0 Å². The highest BCUT2D eigenvalue weighted by Crippen LogP contribution is 2.21. The van der Waals surface area contributed by atoms with Crippen LogP contribution in [0.3, 0.4) is 0 Å². The Labute approximate surface area is 117 Å². The van der Waals surface area contributed by atoms with E-state index in [1.165, 1.54) is 0 Å². The number of aliphatic carboxylic acids is 1. The van der Waals surface area contributed by atoms with Crippen LogP contribution in [0, 0.1) is 12.3 Å². The van der Waals surface area contributed by atoms with E-state index in [1.54, 1.807) is 13.1 Å². The summed E-state index contributed by atoms with van der Waals surface area (Å²) in [5.74, 6) is 0.123. The second kappa shape index (κ2) is 6.40. The topological polar surface area (TPSA) is 104 Å². The Balaban J connectivity index is 2.51. The highest BCUT2D eigenvalue weighted by molar-refractivity contribution is 5.75. The maximum Gasteiger partial charge on any atom is 0.315 e. The Morgan fingerprint density at radius 3 is 2.55 bits per heavy atom. The predicted octanol–water partition coefficient (Wildman–Crippen LogP) is 1.67. The number of hydrogen-bond donors (Lipinski definition) is 3. The summed E-state index contributed by atoms with van der Waals surface area (Å²) in [6, 6.07) is -0.909. The van der Waals surface area contributed by atoms with Crippen molar-refractivity contribution >= 4 is 12.0 Å². The van der Waals surface area contributed by atoms with Crippen LogP contribution in [0.2, 0.25) is 0 Å². The Hall–Kier alpha value is -2.05. The largest absolute Gasteiger partial charge is 0.481 e. The fourth-order valence-corrected chi connectivity index (χ4v) is 1.60. The fourth-order valence-electron chi connectivity index (χ4n) is 1.60. The van der Waals surface area contributed by atoms with Gasteiger partial charge in [-0.25, -0.2) is 9.78 Å². The molecule has 0 saturated heterocycles. The van der Waals surface area contributed by atoms with E-state index in [0.717, 1.165) is 0 Å². The van der Waals surface area contributed by atoms with Gasteiger partial charge in [-0.2, -0.15) is 0 Å². The molecular weight excluding hydrogens is 262 g/mol. The van der Waals surface area contributed by atoms with Crippen molar-refractivity contribution in [3.63, 3.8) is 0 Å². The Morgan fingerprint density at radius 2 is 2.10 bits per heavy atom. The molecule has 0 fully saturated rings. The van der Waals surface area contributed by atoms with Crippen molar-refractivity contribution in [3.05, 3.63) is 17.8 Å². The minimum absolute atomic E-state index is 0.130. The van der Waals surface area contributed by atoms with Crippen LogP contribution in [0.25, 0.3) is 0 Å². The van der Waals surface area contributed by atoms with Gasteiger partial charge in [0.05, 0.1) is 19.2 Å². The molecule has 2 amide bonds. The molecule has 7 nitrogen and oxygen atoms in total. The summed E-state index contributed by atoms with van der Waals surface area (Å²) in [7, 11) is 0. The second-order valence-corrected chi connectivity index (χ2v) is 5.71. The van der Waals surface area contributed by atoms with Crippen molar-refractivity contribution in [3.8, 4) is 0 Å². The van der Waals surface area contributed by atoms with Gasteiger partial charge in [-0.1, -0.05) is 20.8 Å². The van der Waals surface area contributed by atoms with E-state index in [-0.39, 0.29) is 18.4 Å². The number of amides is 2. The number of oxazole rings is 1. The summed E-state index contributed by atoms with van der Waals surface area (Å²) in [4.78, 5) is 26.6. The smallest absolute Gasteiger partial charge is 0.315 e. The lowest BCUT2D eigenvalue weighted by Gasteiger charge is -2.30. The molecule has 1 aromatic heterocycles. The van der Waals surface area contributed by atoms with Gasteiger partial charge in [0.1, 0.15) is 5.76 Å². The highest BCUT2D eigenvalue weighted by Gasteiger charge is 2.28. The number of hydrogen-bond acceptors (Lipinski definition) is 4. The average molecular weight is 283 g/mol. The molecule has 7 heteroatoms. The van der Waals surface area contributed by atoms with Gasteiger partial charge < -0.3 is 20.2 Å². The first-order valence-corrected chi connectivity index (χ1v) is 6.36. The number of aromatic nitrogens is 1. The third kappa shape index (κ3) is 5.29. The quantitative estimate of drug-likeness (QED) is 0.762. The molecule has 1 rings (SSSR count). The van der Waals surface area contributed by atoms with Crippen LogP contribution in [0.15, 0.2) is 10.6 Å². The summed E-state index contributed by atoms with van der Waals surface area (Å²) >= 11 is 0. The Morgan fingerprint density at radius 1 is 1.45 bits per heavy atom. The first kappa shape index (κ1) is 16.0. The number of carboxylic acids is 1. The van der Waals surface area contributed by atoms with E-state index >= 15 is 0 Å². The van der Waals surface area contributed by atoms with Crippen molar-refractivity contribution in [1.82, 2.24) is 15.6 Å². The van der Waals surface area contributed by atoms with E-state index < -0.39 is 18.0 Å². The van der Waals surface area contributed by atoms with Crippen molar-refractivity contribution in [1.29, 1.82) is 0 Å². The normalized spacial score (nSPS) is 12.8. The van der Waals surface area contributed by atoms with E-state index in [2.05, 4.69) is 15.6 Å². The molecule has 1 aromatic rings. The van der Waals surface area contributed by atoms with E-state index in [1.807, 2.05) is 20.8 Å². The lowest BCUT2D eigenvalue weighted by molar-refractivity contribution is -0.138. The van der Waals surface area contributed by atoms with Crippen molar-refractivity contribution < 1.29 is 19.1 Å². The fraction of sp³-hybridized carbons (Fsp3) is 0.615. The molecule has 1 atom stereocenters. The summed E-state index contributed by atoms with van der Waals surface area (Å²) in [6.45, 7) is 7.54. The van der Waals surface area contributed by atoms with Gasteiger partial charge in [0, 0.05) is 6.04 Å². The number of rotatable bonds is 5. The van der Waals surface area contributed by atoms with Gasteiger partial charge >= 0.3 is 12.0 Å². The van der Waals surface area contributed by atoms with E-state index in [4.69, 9.17) is 9.52 Å². The number of carbonyl (C=O) groups excluding carboxylic acids is 1. The monoisotopic (exact) mass is 283 g/mol. The van der Waals surface area contributed by atoms with Gasteiger partial charge in [-0.05, 0) is 12.3 Å². The van der Waals surface area contributed by atoms with E-state index in [9.17, 15) is 9.59 Å². The highest BCUT2D eigenvalue weighted by atomic mass is 16.4. The van der Waals surface area contributed by atoms with Crippen LogP contribution < -0.4 is 10.6 Å². The van der Waals surface area contributed by atoms with Gasteiger partial charge in [0.25, 0.3) is 0 Å². The lowest BCUT2D eigenvalue weighted by Crippen LogP contribution is -2.48. The lowest BCUT2D eigenvalue weighted by atomic mass is 9.85. The maximum atomic E-state index is 11.8. The van der Waals surface area contributed by atoms with Crippen LogP contribution in [-0.2, 0) is 11.3 Å². The average Bonchev–Trinajstić information content (AvgIpc) is 2.70. The molecule has 0 aliphatic heterocycles. The maximum absolute atomic E-state index is 11.8. The minimum Gasteiger partial charge on any atom is -0.481 e. The molecule has 0 aliphatic rings. The standard InChI is InChI=1S/C13H21N3O4/c1-8-6-14-10(20-8)7-15-12(19)16-9(5-11(17)18)13(2,3)4/h6,9H,5,7H2,1-4H3,(H,17,18)(H2,15,16,19).